The third kappa shape index (κ3) is 4.02. The summed E-state index contributed by atoms with van der Waals surface area (Å²) in [5.74, 6) is 0.666. The number of nitrogens with zero attached hydrogens (tertiary/aromatic N) is 2. The molecular formula is C13H11Cl2IN2O. The molecule has 0 atom stereocenters. The molecule has 0 aliphatic rings. The van der Waals surface area contributed by atoms with Crippen molar-refractivity contribution in [2.75, 3.05) is 7.11 Å². The molecule has 1 heterocycles. The third-order valence-electron chi connectivity index (χ3n) is 2.46. The lowest BCUT2D eigenvalue weighted by Crippen LogP contribution is -2.05. The van der Waals surface area contributed by atoms with Crippen LogP contribution in [0.3, 0.4) is 0 Å². The summed E-state index contributed by atoms with van der Waals surface area (Å²) in [6.07, 6.45) is 0.591. The van der Waals surface area contributed by atoms with Gasteiger partial charge in [0.05, 0.1) is 15.9 Å². The lowest BCUT2D eigenvalue weighted by Gasteiger charge is -2.08. The molecule has 3 nitrogen and oxygen atoms in total. The van der Waals surface area contributed by atoms with Crippen LogP contribution in [-0.4, -0.2) is 17.1 Å². The van der Waals surface area contributed by atoms with Gasteiger partial charge >= 0.3 is 0 Å². The molecule has 1 aromatic carbocycles. The number of rotatable bonds is 4. The molecule has 0 N–H and O–H groups in total. The van der Waals surface area contributed by atoms with Crippen molar-refractivity contribution in [2.45, 2.75) is 13.0 Å². The van der Waals surface area contributed by atoms with E-state index in [0.29, 0.717) is 29.0 Å². The fourth-order valence-electron chi connectivity index (χ4n) is 1.65. The summed E-state index contributed by atoms with van der Waals surface area (Å²) in [5.41, 5.74) is 1.85. The Balaban J connectivity index is 2.30. The minimum atomic E-state index is 0.420. The molecule has 1 aromatic heterocycles. The summed E-state index contributed by atoms with van der Waals surface area (Å²) in [4.78, 5) is 8.77. The Morgan fingerprint density at radius 2 is 2.05 bits per heavy atom. The van der Waals surface area contributed by atoms with Gasteiger partial charge in [-0.15, -0.1) is 0 Å². The predicted molar refractivity (Wildman–Crippen MR) is 84.7 cm³/mol. The fraction of sp³-hybridized carbons (Fsp3) is 0.231. The van der Waals surface area contributed by atoms with Gasteiger partial charge in [-0.2, -0.15) is 0 Å². The summed E-state index contributed by atoms with van der Waals surface area (Å²) in [5, 5.41) is 1.16. The Morgan fingerprint density at radius 3 is 2.74 bits per heavy atom. The summed E-state index contributed by atoms with van der Waals surface area (Å²) < 4.78 is 5.94. The van der Waals surface area contributed by atoms with Gasteiger partial charge in [0, 0.05) is 18.6 Å². The van der Waals surface area contributed by atoms with E-state index in [4.69, 9.17) is 27.9 Å². The van der Waals surface area contributed by atoms with E-state index in [1.165, 1.54) is 0 Å². The van der Waals surface area contributed by atoms with E-state index in [1.54, 1.807) is 7.11 Å². The molecule has 0 bridgehead atoms. The molecule has 0 aliphatic carbocycles. The second kappa shape index (κ2) is 6.83. The molecule has 0 aliphatic heterocycles. The first-order valence-corrected chi connectivity index (χ1v) is 7.38. The second-order valence-electron chi connectivity index (χ2n) is 3.93. The Morgan fingerprint density at radius 1 is 1.26 bits per heavy atom. The van der Waals surface area contributed by atoms with Crippen molar-refractivity contribution in [3.05, 3.63) is 55.1 Å². The van der Waals surface area contributed by atoms with Crippen LogP contribution >= 0.6 is 45.8 Å². The van der Waals surface area contributed by atoms with Crippen LogP contribution in [0.15, 0.2) is 24.3 Å². The quantitative estimate of drug-likeness (QED) is 0.563. The number of hydrogen-bond acceptors (Lipinski definition) is 3. The Bertz CT molecular complexity index is 593. The van der Waals surface area contributed by atoms with Crippen LogP contribution in [0.1, 0.15) is 17.1 Å². The highest BCUT2D eigenvalue weighted by Crippen LogP contribution is 2.21. The van der Waals surface area contributed by atoms with Gasteiger partial charge in [0.2, 0.25) is 0 Å². The Hall–Kier alpha value is -0.430. The highest BCUT2D eigenvalue weighted by atomic mass is 127. The number of halogens is 3. The zero-order valence-corrected chi connectivity index (χ0v) is 13.8. The van der Waals surface area contributed by atoms with E-state index in [1.807, 2.05) is 24.3 Å². The number of ether oxygens (including phenoxy) is 1. The van der Waals surface area contributed by atoms with Crippen LogP contribution in [0.4, 0.5) is 0 Å². The highest BCUT2D eigenvalue weighted by molar-refractivity contribution is 14.1. The van der Waals surface area contributed by atoms with Crippen LogP contribution in [0, 0.1) is 3.57 Å². The topological polar surface area (TPSA) is 35.0 Å². The molecule has 100 valence electrons. The van der Waals surface area contributed by atoms with Gasteiger partial charge in [-0.25, -0.2) is 9.97 Å². The summed E-state index contributed by atoms with van der Waals surface area (Å²) in [6.45, 7) is 0.420. The standard InChI is InChI=1S/C13H11Cl2IN2O/c1-19-7-10-12(16)13(15)18-11(17-10)6-8-3-2-4-9(14)5-8/h2-5H,6-7H2,1H3. The molecule has 2 rings (SSSR count). The molecule has 19 heavy (non-hydrogen) atoms. The highest BCUT2D eigenvalue weighted by Gasteiger charge is 2.11. The summed E-state index contributed by atoms with van der Waals surface area (Å²) in [7, 11) is 1.63. The van der Waals surface area contributed by atoms with Crippen molar-refractivity contribution in [1.82, 2.24) is 9.97 Å². The minimum absolute atomic E-state index is 0.420. The average Bonchev–Trinajstić information content (AvgIpc) is 2.35. The van der Waals surface area contributed by atoms with E-state index < -0.39 is 0 Å². The Labute approximate surface area is 135 Å². The number of hydrogen-bond donors (Lipinski definition) is 0. The fourth-order valence-corrected chi connectivity index (χ4v) is 2.47. The molecule has 0 spiro atoms. The SMILES string of the molecule is COCc1nc(Cc2cccc(Cl)c2)nc(Cl)c1I. The van der Waals surface area contributed by atoms with Gasteiger partial charge in [0.1, 0.15) is 11.0 Å². The van der Waals surface area contributed by atoms with E-state index in [2.05, 4.69) is 32.6 Å². The molecule has 0 amide bonds. The average molecular weight is 409 g/mol. The van der Waals surface area contributed by atoms with E-state index >= 15 is 0 Å². The number of benzene rings is 1. The van der Waals surface area contributed by atoms with Crippen molar-refractivity contribution >= 4 is 45.8 Å². The third-order valence-corrected chi connectivity index (χ3v) is 4.42. The molecule has 0 saturated heterocycles. The Kier molecular flexibility index (Phi) is 5.38. The first-order valence-electron chi connectivity index (χ1n) is 5.54. The normalized spacial score (nSPS) is 10.7. The van der Waals surface area contributed by atoms with Gasteiger partial charge < -0.3 is 4.74 Å². The predicted octanol–water partition coefficient (Wildman–Crippen LogP) is 4.13. The zero-order valence-electron chi connectivity index (χ0n) is 10.2. The van der Waals surface area contributed by atoms with Crippen molar-refractivity contribution < 1.29 is 4.74 Å². The monoisotopic (exact) mass is 408 g/mol. The molecular weight excluding hydrogens is 398 g/mol. The van der Waals surface area contributed by atoms with Crippen LogP contribution in [-0.2, 0) is 17.8 Å². The van der Waals surface area contributed by atoms with Crippen molar-refractivity contribution in [2.24, 2.45) is 0 Å². The first kappa shape index (κ1) is 15.0. The molecule has 0 radical (unpaired) electrons. The van der Waals surface area contributed by atoms with Crippen molar-refractivity contribution in [3.8, 4) is 0 Å². The zero-order chi connectivity index (χ0) is 13.8. The molecule has 0 fully saturated rings. The summed E-state index contributed by atoms with van der Waals surface area (Å²) >= 11 is 14.2. The van der Waals surface area contributed by atoms with Crippen LogP contribution in [0.25, 0.3) is 0 Å². The summed E-state index contributed by atoms with van der Waals surface area (Å²) in [6, 6.07) is 7.62. The van der Waals surface area contributed by atoms with Gasteiger partial charge in [0.15, 0.2) is 0 Å². The lowest BCUT2D eigenvalue weighted by molar-refractivity contribution is 0.180. The van der Waals surface area contributed by atoms with Gasteiger partial charge in [-0.3, -0.25) is 0 Å². The second-order valence-corrected chi connectivity index (χ2v) is 5.80. The maximum Gasteiger partial charge on any atom is 0.146 e. The van der Waals surface area contributed by atoms with Gasteiger partial charge in [0.25, 0.3) is 0 Å². The molecule has 0 unspecified atom stereocenters. The molecule has 6 heteroatoms. The van der Waals surface area contributed by atoms with E-state index in [9.17, 15) is 0 Å². The smallest absolute Gasteiger partial charge is 0.146 e. The number of methoxy groups -OCH3 is 1. The number of aromatic nitrogens is 2. The van der Waals surface area contributed by atoms with Crippen LogP contribution < -0.4 is 0 Å². The molecule has 2 aromatic rings. The van der Waals surface area contributed by atoms with Crippen molar-refractivity contribution in [1.29, 1.82) is 0 Å². The van der Waals surface area contributed by atoms with Crippen LogP contribution in [0.2, 0.25) is 10.2 Å². The first-order chi connectivity index (χ1) is 9.10. The van der Waals surface area contributed by atoms with Gasteiger partial charge in [-0.1, -0.05) is 35.3 Å². The van der Waals surface area contributed by atoms with Crippen LogP contribution in [0.5, 0.6) is 0 Å². The van der Waals surface area contributed by atoms with Gasteiger partial charge in [-0.05, 0) is 40.3 Å². The maximum atomic E-state index is 6.11. The van der Waals surface area contributed by atoms with Crippen molar-refractivity contribution in [3.63, 3.8) is 0 Å². The minimum Gasteiger partial charge on any atom is -0.378 e. The lowest BCUT2D eigenvalue weighted by atomic mass is 10.1. The van der Waals surface area contributed by atoms with E-state index in [0.717, 1.165) is 14.8 Å². The molecule has 0 saturated carbocycles. The maximum absolute atomic E-state index is 6.11. The van der Waals surface area contributed by atoms with E-state index in [-0.39, 0.29) is 0 Å². The largest absolute Gasteiger partial charge is 0.378 e.